The van der Waals surface area contributed by atoms with Crippen molar-refractivity contribution in [1.29, 1.82) is 0 Å². The van der Waals surface area contributed by atoms with E-state index in [1.807, 2.05) is 0 Å². The molecule has 1 aromatic rings. The summed E-state index contributed by atoms with van der Waals surface area (Å²) in [5.41, 5.74) is 2.62. The average molecular weight is 252 g/mol. The molecule has 0 aromatic heterocycles. The van der Waals surface area contributed by atoms with Gasteiger partial charge in [0, 0.05) is 24.2 Å². The van der Waals surface area contributed by atoms with E-state index in [4.69, 9.17) is 11.6 Å². The molecule has 0 N–H and O–H groups in total. The van der Waals surface area contributed by atoms with Crippen LogP contribution in [0.1, 0.15) is 38.7 Å². The summed E-state index contributed by atoms with van der Waals surface area (Å²) in [5, 5.41) is 0. The quantitative estimate of drug-likeness (QED) is 0.676. The molecule has 0 atom stereocenters. The van der Waals surface area contributed by atoms with Gasteiger partial charge < -0.3 is 4.90 Å². The predicted octanol–water partition coefficient (Wildman–Crippen LogP) is 4.44. The molecule has 1 saturated carbocycles. The lowest BCUT2D eigenvalue weighted by molar-refractivity contribution is 0.570. The van der Waals surface area contributed by atoms with Crippen molar-refractivity contribution >= 4 is 17.3 Å². The average Bonchev–Trinajstić information content (AvgIpc) is 3.14. The van der Waals surface area contributed by atoms with Gasteiger partial charge in [-0.3, -0.25) is 0 Å². The van der Waals surface area contributed by atoms with Gasteiger partial charge in [-0.05, 0) is 36.8 Å². The minimum absolute atomic E-state index is 0.612. The fourth-order valence-corrected chi connectivity index (χ4v) is 2.41. The zero-order valence-electron chi connectivity index (χ0n) is 10.8. The molecule has 94 valence electrons. The Morgan fingerprint density at radius 1 is 1.29 bits per heavy atom. The largest absolute Gasteiger partial charge is 0.368 e. The van der Waals surface area contributed by atoms with E-state index >= 15 is 0 Å². The highest BCUT2D eigenvalue weighted by Crippen LogP contribution is 2.34. The molecule has 0 bridgehead atoms. The molecule has 0 saturated heterocycles. The third-order valence-electron chi connectivity index (χ3n) is 3.38. The lowest BCUT2D eigenvalue weighted by Gasteiger charge is -2.27. The Kier molecular flexibility index (Phi) is 4.33. The Balaban J connectivity index is 2.14. The van der Waals surface area contributed by atoms with Crippen LogP contribution in [0.5, 0.6) is 0 Å². The number of alkyl halides is 1. The van der Waals surface area contributed by atoms with Crippen molar-refractivity contribution in [3.8, 4) is 0 Å². The minimum Gasteiger partial charge on any atom is -0.368 e. The van der Waals surface area contributed by atoms with Crippen molar-refractivity contribution < 1.29 is 0 Å². The maximum absolute atomic E-state index is 6.04. The number of rotatable bonds is 6. The number of hydrogen-bond acceptors (Lipinski definition) is 1. The maximum Gasteiger partial charge on any atom is 0.0494 e. The molecule has 2 heteroatoms. The normalized spacial score (nSPS) is 15.3. The molecule has 0 aliphatic heterocycles. The van der Waals surface area contributed by atoms with E-state index in [9.17, 15) is 0 Å². The number of para-hydroxylation sites is 1. The van der Waals surface area contributed by atoms with E-state index < -0.39 is 0 Å². The Morgan fingerprint density at radius 2 is 2.00 bits per heavy atom. The summed E-state index contributed by atoms with van der Waals surface area (Å²) in [6.07, 6.45) is 3.94. The summed E-state index contributed by atoms with van der Waals surface area (Å²) in [6.45, 7) is 5.74. The zero-order chi connectivity index (χ0) is 12.3. The molecule has 0 spiro atoms. The number of nitrogens with zero attached hydrogens (tertiary/aromatic N) is 1. The van der Waals surface area contributed by atoms with Gasteiger partial charge in [0.15, 0.2) is 0 Å². The molecule has 0 radical (unpaired) electrons. The fourth-order valence-electron chi connectivity index (χ4n) is 2.19. The van der Waals surface area contributed by atoms with Crippen LogP contribution in [-0.4, -0.2) is 12.6 Å². The Morgan fingerprint density at radius 3 is 2.59 bits per heavy atom. The van der Waals surface area contributed by atoms with Gasteiger partial charge in [-0.25, -0.2) is 0 Å². The van der Waals surface area contributed by atoms with Gasteiger partial charge in [-0.1, -0.05) is 32.0 Å². The van der Waals surface area contributed by atoms with Gasteiger partial charge in [0.1, 0.15) is 0 Å². The molecule has 1 nitrogen and oxygen atoms in total. The molecular weight excluding hydrogens is 230 g/mol. The van der Waals surface area contributed by atoms with Gasteiger partial charge in [0.05, 0.1) is 0 Å². The van der Waals surface area contributed by atoms with E-state index in [1.165, 1.54) is 30.5 Å². The highest BCUT2D eigenvalue weighted by Gasteiger charge is 2.29. The first-order chi connectivity index (χ1) is 8.22. The Hall–Kier alpha value is -0.690. The van der Waals surface area contributed by atoms with Crippen LogP contribution in [0, 0.1) is 5.92 Å². The first-order valence-corrected chi connectivity index (χ1v) is 7.16. The van der Waals surface area contributed by atoms with Crippen LogP contribution in [0.15, 0.2) is 24.3 Å². The van der Waals surface area contributed by atoms with Crippen LogP contribution >= 0.6 is 11.6 Å². The predicted molar refractivity (Wildman–Crippen MR) is 75.8 cm³/mol. The van der Waals surface area contributed by atoms with Crippen molar-refractivity contribution in [3.63, 3.8) is 0 Å². The van der Waals surface area contributed by atoms with Crippen LogP contribution < -0.4 is 4.90 Å². The molecule has 0 heterocycles. The molecule has 1 aliphatic carbocycles. The van der Waals surface area contributed by atoms with Gasteiger partial charge in [-0.15, -0.1) is 11.6 Å². The molecule has 1 aromatic carbocycles. The standard InChI is InChI=1S/C15H22ClN/c1-12(2)9-10-17(14-7-8-14)15-6-4-3-5-13(15)11-16/h3-6,12,14H,7-11H2,1-2H3. The number of halogens is 1. The van der Waals surface area contributed by atoms with Crippen LogP contribution in [-0.2, 0) is 5.88 Å². The highest BCUT2D eigenvalue weighted by atomic mass is 35.5. The first kappa shape index (κ1) is 12.8. The van der Waals surface area contributed by atoms with Crippen LogP contribution in [0.4, 0.5) is 5.69 Å². The second kappa shape index (κ2) is 5.77. The van der Waals surface area contributed by atoms with Crippen molar-refractivity contribution in [2.24, 2.45) is 5.92 Å². The fraction of sp³-hybridized carbons (Fsp3) is 0.600. The molecule has 0 amide bonds. The lowest BCUT2D eigenvalue weighted by atomic mass is 10.1. The van der Waals surface area contributed by atoms with Crippen LogP contribution in [0.25, 0.3) is 0 Å². The van der Waals surface area contributed by atoms with E-state index in [0.717, 1.165) is 18.5 Å². The number of anilines is 1. The summed E-state index contributed by atoms with van der Waals surface area (Å²) in [6, 6.07) is 9.33. The lowest BCUT2D eigenvalue weighted by Crippen LogP contribution is -2.28. The third-order valence-corrected chi connectivity index (χ3v) is 3.67. The van der Waals surface area contributed by atoms with E-state index in [-0.39, 0.29) is 0 Å². The Labute approximate surface area is 110 Å². The first-order valence-electron chi connectivity index (χ1n) is 6.63. The van der Waals surface area contributed by atoms with Gasteiger partial charge in [-0.2, -0.15) is 0 Å². The smallest absolute Gasteiger partial charge is 0.0494 e. The van der Waals surface area contributed by atoms with Crippen LogP contribution in [0.3, 0.4) is 0 Å². The summed E-state index contributed by atoms with van der Waals surface area (Å²) in [7, 11) is 0. The van der Waals surface area contributed by atoms with E-state index in [1.54, 1.807) is 0 Å². The summed E-state index contributed by atoms with van der Waals surface area (Å²) < 4.78 is 0. The molecule has 1 aliphatic rings. The second-order valence-electron chi connectivity index (χ2n) is 5.37. The SMILES string of the molecule is CC(C)CCN(c1ccccc1CCl)C1CC1. The second-order valence-corrected chi connectivity index (χ2v) is 5.64. The molecular formula is C15H22ClN. The topological polar surface area (TPSA) is 3.24 Å². The van der Waals surface area contributed by atoms with E-state index in [0.29, 0.717) is 5.88 Å². The monoisotopic (exact) mass is 251 g/mol. The Bertz CT molecular complexity index is 358. The molecule has 0 unspecified atom stereocenters. The van der Waals surface area contributed by atoms with Gasteiger partial charge in [0.2, 0.25) is 0 Å². The molecule has 2 rings (SSSR count). The van der Waals surface area contributed by atoms with Crippen molar-refractivity contribution in [3.05, 3.63) is 29.8 Å². The van der Waals surface area contributed by atoms with Crippen molar-refractivity contribution in [1.82, 2.24) is 0 Å². The van der Waals surface area contributed by atoms with Gasteiger partial charge in [0.25, 0.3) is 0 Å². The minimum atomic E-state index is 0.612. The third kappa shape index (κ3) is 3.38. The number of hydrogen-bond donors (Lipinski definition) is 0. The van der Waals surface area contributed by atoms with Gasteiger partial charge >= 0.3 is 0 Å². The maximum atomic E-state index is 6.04. The van der Waals surface area contributed by atoms with Crippen LogP contribution in [0.2, 0.25) is 0 Å². The highest BCUT2D eigenvalue weighted by molar-refractivity contribution is 6.17. The summed E-state index contributed by atoms with van der Waals surface area (Å²) >= 11 is 6.04. The molecule has 1 fully saturated rings. The summed E-state index contributed by atoms with van der Waals surface area (Å²) in [5.74, 6) is 1.38. The summed E-state index contributed by atoms with van der Waals surface area (Å²) in [4.78, 5) is 2.57. The van der Waals surface area contributed by atoms with Crippen molar-refractivity contribution in [2.45, 2.75) is 45.0 Å². The zero-order valence-corrected chi connectivity index (χ0v) is 11.6. The van der Waals surface area contributed by atoms with Crippen molar-refractivity contribution in [2.75, 3.05) is 11.4 Å². The number of benzene rings is 1. The molecule has 17 heavy (non-hydrogen) atoms. The van der Waals surface area contributed by atoms with E-state index in [2.05, 4.69) is 43.0 Å².